The van der Waals surface area contributed by atoms with E-state index >= 15 is 0 Å². The average molecular weight is 473 g/mol. The van der Waals surface area contributed by atoms with Crippen LogP contribution in [0.1, 0.15) is 51.0 Å². The Labute approximate surface area is 201 Å². The van der Waals surface area contributed by atoms with E-state index in [0.29, 0.717) is 23.7 Å². The molecule has 0 heterocycles. The molecule has 1 atom stereocenters. The number of nitrogens with zero attached hydrogens (tertiary/aromatic N) is 1. The Hall–Kier alpha value is -2.73. The predicted octanol–water partition coefficient (Wildman–Crippen LogP) is 4.98. The molecule has 0 aromatic heterocycles. The number of hydrogen-bond acceptors (Lipinski definition) is 4. The van der Waals surface area contributed by atoms with Gasteiger partial charge < -0.3 is 19.7 Å². The summed E-state index contributed by atoms with van der Waals surface area (Å²) < 4.78 is 10.9. The highest BCUT2D eigenvalue weighted by atomic mass is 35.5. The van der Waals surface area contributed by atoms with Crippen LogP contribution in [0.5, 0.6) is 11.5 Å². The summed E-state index contributed by atoms with van der Waals surface area (Å²) in [5.74, 6) is 0.897. The van der Waals surface area contributed by atoms with E-state index < -0.39 is 6.04 Å². The van der Waals surface area contributed by atoms with E-state index in [1.165, 1.54) is 6.42 Å². The molecule has 2 amide bonds. The zero-order valence-electron chi connectivity index (χ0n) is 19.4. The lowest BCUT2D eigenvalue weighted by Gasteiger charge is -2.32. The molecule has 0 radical (unpaired) electrons. The van der Waals surface area contributed by atoms with Gasteiger partial charge in [0.1, 0.15) is 17.5 Å². The molecule has 0 bridgehead atoms. The van der Waals surface area contributed by atoms with E-state index in [0.717, 1.165) is 37.0 Å². The number of benzene rings is 2. The van der Waals surface area contributed by atoms with Crippen LogP contribution in [0, 0.1) is 0 Å². The Bertz CT molecular complexity index is 913. The Morgan fingerprint density at radius 3 is 2.45 bits per heavy atom. The lowest BCUT2D eigenvalue weighted by Crippen LogP contribution is -2.52. The van der Waals surface area contributed by atoms with E-state index in [2.05, 4.69) is 5.32 Å². The van der Waals surface area contributed by atoms with Crippen LogP contribution < -0.4 is 14.8 Å². The van der Waals surface area contributed by atoms with Crippen molar-refractivity contribution in [3.05, 3.63) is 59.1 Å². The van der Waals surface area contributed by atoms with Gasteiger partial charge >= 0.3 is 0 Å². The van der Waals surface area contributed by atoms with Gasteiger partial charge in [0.05, 0.1) is 7.11 Å². The molecular formula is C26H33ClN2O4. The van der Waals surface area contributed by atoms with E-state index in [-0.39, 0.29) is 24.5 Å². The number of halogens is 1. The summed E-state index contributed by atoms with van der Waals surface area (Å²) in [4.78, 5) is 28.1. The van der Waals surface area contributed by atoms with Crippen LogP contribution in [0.15, 0.2) is 48.5 Å². The van der Waals surface area contributed by atoms with Gasteiger partial charge in [-0.15, -0.1) is 0 Å². The summed E-state index contributed by atoms with van der Waals surface area (Å²) in [5.41, 5.74) is 0.913. The second kappa shape index (κ2) is 12.5. The average Bonchev–Trinajstić information content (AvgIpc) is 2.83. The molecule has 1 N–H and O–H groups in total. The zero-order valence-corrected chi connectivity index (χ0v) is 20.1. The number of methoxy groups -OCH3 is 1. The van der Waals surface area contributed by atoms with E-state index in [1.807, 2.05) is 31.2 Å². The summed E-state index contributed by atoms with van der Waals surface area (Å²) in [6, 6.07) is 14.0. The number of ether oxygens (including phenoxy) is 2. The smallest absolute Gasteiger partial charge is 0.261 e. The van der Waals surface area contributed by atoms with Crippen molar-refractivity contribution in [2.75, 3.05) is 13.7 Å². The highest BCUT2D eigenvalue weighted by Gasteiger charge is 2.30. The number of hydrogen-bond donors (Lipinski definition) is 1. The summed E-state index contributed by atoms with van der Waals surface area (Å²) in [7, 11) is 1.61. The van der Waals surface area contributed by atoms with Crippen molar-refractivity contribution in [3.63, 3.8) is 0 Å². The quantitative estimate of drug-likeness (QED) is 0.529. The maximum Gasteiger partial charge on any atom is 0.261 e. The zero-order chi connectivity index (χ0) is 23.6. The third-order valence-electron chi connectivity index (χ3n) is 6.01. The van der Waals surface area contributed by atoms with Crippen molar-refractivity contribution in [2.24, 2.45) is 0 Å². The molecule has 1 aliphatic carbocycles. The van der Waals surface area contributed by atoms with Gasteiger partial charge in [0.2, 0.25) is 5.91 Å². The highest BCUT2D eigenvalue weighted by molar-refractivity contribution is 6.30. The number of amides is 2. The van der Waals surface area contributed by atoms with Crippen LogP contribution >= 0.6 is 11.6 Å². The van der Waals surface area contributed by atoms with Gasteiger partial charge in [-0.3, -0.25) is 9.59 Å². The number of carbonyl (C=O) groups is 2. The molecule has 1 saturated carbocycles. The van der Waals surface area contributed by atoms with Crippen LogP contribution in [0.25, 0.3) is 0 Å². The normalized spacial score (nSPS) is 14.9. The third kappa shape index (κ3) is 7.39. The van der Waals surface area contributed by atoms with Crippen LogP contribution in [-0.4, -0.2) is 42.5 Å². The minimum Gasteiger partial charge on any atom is -0.497 e. The van der Waals surface area contributed by atoms with E-state index in [9.17, 15) is 9.59 Å². The SMILES string of the molecule is CCC(C(=O)NC1CCCCC1)N(Cc1ccc(OC)cc1)C(=O)COc1cccc(Cl)c1. The molecular weight excluding hydrogens is 440 g/mol. The van der Waals surface area contributed by atoms with Crippen LogP contribution in [0.4, 0.5) is 0 Å². The minimum absolute atomic E-state index is 0.103. The second-order valence-corrected chi connectivity index (χ2v) is 8.82. The molecule has 6 nitrogen and oxygen atoms in total. The van der Waals surface area contributed by atoms with Gasteiger partial charge in [0, 0.05) is 17.6 Å². The molecule has 1 fully saturated rings. The van der Waals surface area contributed by atoms with Gasteiger partial charge in [-0.25, -0.2) is 0 Å². The molecule has 0 spiro atoms. The van der Waals surface area contributed by atoms with Crippen molar-refractivity contribution in [3.8, 4) is 11.5 Å². The Morgan fingerprint density at radius 1 is 1.09 bits per heavy atom. The van der Waals surface area contributed by atoms with Crippen molar-refractivity contribution >= 4 is 23.4 Å². The predicted molar refractivity (Wildman–Crippen MR) is 130 cm³/mol. The lowest BCUT2D eigenvalue weighted by atomic mass is 9.95. The van der Waals surface area contributed by atoms with Gasteiger partial charge in [0.25, 0.3) is 5.91 Å². The summed E-state index contributed by atoms with van der Waals surface area (Å²) >= 11 is 6.02. The first kappa shape index (κ1) is 24.9. The summed E-state index contributed by atoms with van der Waals surface area (Å²) in [6.45, 7) is 2.05. The van der Waals surface area contributed by atoms with E-state index in [4.69, 9.17) is 21.1 Å². The van der Waals surface area contributed by atoms with Crippen molar-refractivity contribution < 1.29 is 19.1 Å². The van der Waals surface area contributed by atoms with E-state index in [1.54, 1.807) is 36.3 Å². The molecule has 2 aromatic carbocycles. The first-order valence-electron chi connectivity index (χ1n) is 11.6. The summed E-state index contributed by atoms with van der Waals surface area (Å²) in [5, 5.41) is 3.71. The first-order chi connectivity index (χ1) is 16.0. The molecule has 1 aliphatic rings. The molecule has 2 aromatic rings. The van der Waals surface area contributed by atoms with Crippen molar-refractivity contribution in [1.82, 2.24) is 10.2 Å². The Kier molecular flexibility index (Phi) is 9.43. The van der Waals surface area contributed by atoms with Crippen LogP contribution in [0.2, 0.25) is 5.02 Å². The van der Waals surface area contributed by atoms with Crippen molar-refractivity contribution in [1.29, 1.82) is 0 Å². The fourth-order valence-corrected chi connectivity index (χ4v) is 4.36. The molecule has 0 saturated heterocycles. The Morgan fingerprint density at radius 2 is 1.82 bits per heavy atom. The highest BCUT2D eigenvalue weighted by Crippen LogP contribution is 2.21. The number of rotatable bonds is 10. The maximum atomic E-state index is 13.3. The van der Waals surface area contributed by atoms with Gasteiger partial charge in [-0.1, -0.05) is 56.0 Å². The fraction of sp³-hybridized carbons (Fsp3) is 0.462. The minimum atomic E-state index is -0.579. The molecule has 7 heteroatoms. The largest absolute Gasteiger partial charge is 0.497 e. The monoisotopic (exact) mass is 472 g/mol. The number of nitrogens with one attached hydrogen (secondary N) is 1. The second-order valence-electron chi connectivity index (χ2n) is 8.38. The van der Waals surface area contributed by atoms with Crippen LogP contribution in [-0.2, 0) is 16.1 Å². The lowest BCUT2D eigenvalue weighted by molar-refractivity contribution is -0.143. The first-order valence-corrected chi connectivity index (χ1v) is 12.0. The van der Waals surface area contributed by atoms with Gasteiger partial charge in [-0.05, 0) is 55.2 Å². The summed E-state index contributed by atoms with van der Waals surface area (Å²) in [6.07, 6.45) is 5.97. The molecule has 33 heavy (non-hydrogen) atoms. The van der Waals surface area contributed by atoms with Crippen LogP contribution in [0.3, 0.4) is 0 Å². The Balaban J connectivity index is 1.75. The van der Waals surface area contributed by atoms with Gasteiger partial charge in [0.15, 0.2) is 6.61 Å². The molecule has 3 rings (SSSR count). The third-order valence-corrected chi connectivity index (χ3v) is 6.24. The molecule has 1 unspecified atom stereocenters. The topological polar surface area (TPSA) is 67.9 Å². The standard InChI is InChI=1S/C26H33ClN2O4/c1-3-24(26(31)28-21-9-5-4-6-10-21)29(17-19-12-14-22(32-2)15-13-19)25(30)18-33-23-11-7-8-20(27)16-23/h7-8,11-16,21,24H,3-6,9-10,17-18H2,1-2H3,(H,28,31). The molecule has 178 valence electrons. The number of carbonyl (C=O) groups excluding carboxylic acids is 2. The molecule has 0 aliphatic heterocycles. The van der Waals surface area contributed by atoms with Gasteiger partial charge in [-0.2, -0.15) is 0 Å². The van der Waals surface area contributed by atoms with Crippen molar-refractivity contribution in [2.45, 2.75) is 64.1 Å². The maximum absolute atomic E-state index is 13.3. The fourth-order valence-electron chi connectivity index (χ4n) is 4.18.